The molecule has 0 radical (unpaired) electrons. The minimum absolute atomic E-state index is 0.0296. The number of rotatable bonds is 9. The van der Waals surface area contributed by atoms with E-state index < -0.39 is 10.1 Å². The average Bonchev–Trinajstić information content (AvgIpc) is 2.35. The highest BCUT2D eigenvalue weighted by Crippen LogP contribution is 2.02. The topological polar surface area (TPSA) is 61.8 Å². The predicted molar refractivity (Wildman–Crippen MR) is 72.3 cm³/mol. The fraction of sp³-hybridized carbons (Fsp3) is 0.538. The van der Waals surface area contributed by atoms with Crippen molar-refractivity contribution in [2.45, 2.75) is 19.6 Å². The van der Waals surface area contributed by atoms with Crippen LogP contribution < -0.4 is 0 Å². The van der Waals surface area contributed by atoms with Gasteiger partial charge in [-0.1, -0.05) is 30.3 Å². The molecule has 0 aliphatic carbocycles. The maximum Gasteiger partial charge on any atom is 0.264 e. The van der Waals surface area contributed by atoms with E-state index in [1.165, 1.54) is 0 Å². The first kappa shape index (κ1) is 16.1. The molecule has 108 valence electrons. The van der Waals surface area contributed by atoms with Gasteiger partial charge in [0, 0.05) is 0 Å². The van der Waals surface area contributed by atoms with Crippen molar-refractivity contribution in [2.24, 2.45) is 0 Å². The highest BCUT2D eigenvalue weighted by Gasteiger charge is 2.05. The summed E-state index contributed by atoms with van der Waals surface area (Å²) in [5, 5.41) is 0. The SMILES string of the molecule is C[C@@H](COCc1ccccc1)OCCOS(C)(=O)=O. The van der Waals surface area contributed by atoms with Crippen LogP contribution in [0.2, 0.25) is 0 Å². The van der Waals surface area contributed by atoms with Gasteiger partial charge < -0.3 is 9.47 Å². The van der Waals surface area contributed by atoms with Gasteiger partial charge in [0.1, 0.15) is 0 Å². The molecule has 1 aromatic carbocycles. The van der Waals surface area contributed by atoms with E-state index in [-0.39, 0.29) is 19.3 Å². The first-order valence-electron chi connectivity index (χ1n) is 6.05. The molecule has 0 spiro atoms. The number of hydrogen-bond donors (Lipinski definition) is 0. The Morgan fingerprint density at radius 2 is 1.84 bits per heavy atom. The molecule has 0 aliphatic heterocycles. The van der Waals surface area contributed by atoms with Crippen molar-refractivity contribution in [3.05, 3.63) is 35.9 Å². The summed E-state index contributed by atoms with van der Waals surface area (Å²) in [4.78, 5) is 0. The summed E-state index contributed by atoms with van der Waals surface area (Å²) in [6.45, 7) is 3.11. The molecule has 1 rings (SSSR count). The van der Waals surface area contributed by atoms with Crippen LogP contribution in [0.25, 0.3) is 0 Å². The van der Waals surface area contributed by atoms with E-state index in [4.69, 9.17) is 9.47 Å². The van der Waals surface area contributed by atoms with Crippen molar-refractivity contribution < 1.29 is 22.1 Å². The second-order valence-electron chi connectivity index (χ2n) is 4.21. The molecule has 0 aromatic heterocycles. The van der Waals surface area contributed by atoms with Crippen LogP contribution in [0, 0.1) is 0 Å². The van der Waals surface area contributed by atoms with Crippen molar-refractivity contribution in [1.82, 2.24) is 0 Å². The van der Waals surface area contributed by atoms with Gasteiger partial charge in [0.25, 0.3) is 10.1 Å². The maximum absolute atomic E-state index is 10.7. The van der Waals surface area contributed by atoms with Gasteiger partial charge in [-0.05, 0) is 12.5 Å². The zero-order valence-electron chi connectivity index (χ0n) is 11.2. The third-order valence-electron chi connectivity index (χ3n) is 2.25. The Morgan fingerprint density at radius 1 is 1.16 bits per heavy atom. The van der Waals surface area contributed by atoms with E-state index in [9.17, 15) is 8.42 Å². The van der Waals surface area contributed by atoms with E-state index in [1.54, 1.807) is 0 Å². The summed E-state index contributed by atoms with van der Waals surface area (Å²) < 4.78 is 36.8. The Hall–Kier alpha value is -0.950. The number of benzene rings is 1. The van der Waals surface area contributed by atoms with Crippen LogP contribution in [0.4, 0.5) is 0 Å². The lowest BCUT2D eigenvalue weighted by atomic mass is 10.2. The molecule has 0 unspecified atom stereocenters. The molecular formula is C13H20O5S. The van der Waals surface area contributed by atoms with Crippen LogP contribution in [0.15, 0.2) is 30.3 Å². The van der Waals surface area contributed by atoms with Crippen molar-refractivity contribution in [3.8, 4) is 0 Å². The average molecular weight is 288 g/mol. The van der Waals surface area contributed by atoms with Gasteiger partial charge >= 0.3 is 0 Å². The van der Waals surface area contributed by atoms with Gasteiger partial charge in [-0.25, -0.2) is 0 Å². The highest BCUT2D eigenvalue weighted by atomic mass is 32.2. The minimum Gasteiger partial charge on any atom is -0.374 e. The van der Waals surface area contributed by atoms with E-state index >= 15 is 0 Å². The zero-order valence-corrected chi connectivity index (χ0v) is 12.1. The molecule has 1 aromatic rings. The summed E-state index contributed by atoms with van der Waals surface area (Å²) >= 11 is 0. The Kier molecular flexibility index (Phi) is 7.01. The van der Waals surface area contributed by atoms with Crippen LogP contribution in [-0.4, -0.2) is 40.6 Å². The van der Waals surface area contributed by atoms with E-state index in [0.29, 0.717) is 13.2 Å². The molecule has 19 heavy (non-hydrogen) atoms. The second kappa shape index (κ2) is 8.27. The third kappa shape index (κ3) is 8.72. The summed E-state index contributed by atoms with van der Waals surface area (Å²) in [6.07, 6.45) is 0.909. The van der Waals surface area contributed by atoms with Gasteiger partial charge in [-0.3, -0.25) is 4.18 Å². The van der Waals surface area contributed by atoms with Gasteiger partial charge in [-0.2, -0.15) is 8.42 Å². The van der Waals surface area contributed by atoms with Crippen LogP contribution in [0.3, 0.4) is 0 Å². The van der Waals surface area contributed by atoms with Crippen LogP contribution >= 0.6 is 0 Å². The Labute approximate surface area is 114 Å². The smallest absolute Gasteiger partial charge is 0.264 e. The lowest BCUT2D eigenvalue weighted by molar-refractivity contribution is -0.0198. The molecule has 0 saturated carbocycles. The van der Waals surface area contributed by atoms with Gasteiger partial charge in [0.2, 0.25) is 0 Å². The monoisotopic (exact) mass is 288 g/mol. The lowest BCUT2D eigenvalue weighted by Gasteiger charge is -2.13. The highest BCUT2D eigenvalue weighted by molar-refractivity contribution is 7.85. The van der Waals surface area contributed by atoms with E-state index in [1.807, 2.05) is 37.3 Å². The summed E-state index contributed by atoms with van der Waals surface area (Å²) in [6, 6.07) is 9.86. The second-order valence-corrected chi connectivity index (χ2v) is 5.85. The molecule has 0 heterocycles. The van der Waals surface area contributed by atoms with Crippen molar-refractivity contribution in [2.75, 3.05) is 26.1 Å². The van der Waals surface area contributed by atoms with E-state index in [0.717, 1.165) is 11.8 Å². The molecule has 0 aliphatic rings. The third-order valence-corrected chi connectivity index (χ3v) is 2.84. The molecule has 0 fully saturated rings. The Bertz CT molecular complexity index is 443. The Morgan fingerprint density at radius 3 is 2.47 bits per heavy atom. The number of hydrogen-bond acceptors (Lipinski definition) is 5. The van der Waals surface area contributed by atoms with Gasteiger partial charge in [0.05, 0.1) is 38.8 Å². The fourth-order valence-electron chi connectivity index (χ4n) is 1.40. The van der Waals surface area contributed by atoms with Crippen molar-refractivity contribution in [3.63, 3.8) is 0 Å². The normalized spacial score (nSPS) is 13.4. The molecule has 0 amide bonds. The van der Waals surface area contributed by atoms with Gasteiger partial charge in [0.15, 0.2) is 0 Å². The van der Waals surface area contributed by atoms with Crippen LogP contribution in [0.5, 0.6) is 0 Å². The molecule has 0 bridgehead atoms. The molecular weight excluding hydrogens is 268 g/mol. The molecule has 0 N–H and O–H groups in total. The van der Waals surface area contributed by atoms with Gasteiger partial charge in [-0.15, -0.1) is 0 Å². The van der Waals surface area contributed by atoms with E-state index in [2.05, 4.69) is 4.18 Å². The standard InChI is InChI=1S/C13H20O5S/c1-12(17-8-9-18-19(2,14)15)10-16-11-13-6-4-3-5-7-13/h3-7,12H,8-11H2,1-2H3/t12-/m0/s1. The number of ether oxygens (including phenoxy) is 2. The molecule has 6 heteroatoms. The van der Waals surface area contributed by atoms with Crippen LogP contribution in [0.1, 0.15) is 12.5 Å². The summed E-state index contributed by atoms with van der Waals surface area (Å²) in [7, 11) is -3.39. The predicted octanol–water partition coefficient (Wildman–Crippen LogP) is 1.58. The quantitative estimate of drug-likeness (QED) is 0.510. The largest absolute Gasteiger partial charge is 0.374 e. The zero-order chi connectivity index (χ0) is 14.1. The maximum atomic E-state index is 10.7. The Balaban J connectivity index is 2.07. The first-order valence-corrected chi connectivity index (χ1v) is 7.86. The summed E-state index contributed by atoms with van der Waals surface area (Å²) in [5.41, 5.74) is 1.11. The fourth-order valence-corrected chi connectivity index (χ4v) is 1.77. The molecule has 0 saturated heterocycles. The lowest BCUT2D eigenvalue weighted by Crippen LogP contribution is -2.19. The molecule has 5 nitrogen and oxygen atoms in total. The minimum atomic E-state index is -3.39. The van der Waals surface area contributed by atoms with Crippen molar-refractivity contribution in [1.29, 1.82) is 0 Å². The first-order chi connectivity index (χ1) is 8.97. The van der Waals surface area contributed by atoms with Crippen molar-refractivity contribution >= 4 is 10.1 Å². The molecule has 1 atom stereocenters. The summed E-state index contributed by atoms with van der Waals surface area (Å²) in [5.74, 6) is 0. The van der Waals surface area contributed by atoms with Crippen LogP contribution in [-0.2, 0) is 30.4 Å².